The Morgan fingerprint density at radius 2 is 1.64 bits per heavy atom. The first-order valence-electron chi connectivity index (χ1n) is 3.26. The van der Waals surface area contributed by atoms with Crippen LogP contribution in [0.2, 0.25) is 0 Å². The summed E-state index contributed by atoms with van der Waals surface area (Å²) in [5.41, 5.74) is 1.06. The van der Waals surface area contributed by atoms with Crippen LogP contribution >= 0.6 is 0 Å². The number of aromatic nitrogens is 1. The van der Waals surface area contributed by atoms with Crippen molar-refractivity contribution < 1.29 is 0 Å². The van der Waals surface area contributed by atoms with Crippen LogP contribution < -0.4 is 0 Å². The first-order chi connectivity index (χ1) is 4.97. The summed E-state index contributed by atoms with van der Waals surface area (Å²) < 4.78 is 0. The molecular weight excluding hydrogens is 131 g/mol. The molecule has 2 rings (SSSR count). The zero-order valence-corrected chi connectivity index (χ0v) is 5.49. The molecule has 1 aromatic heterocycles. The molecule has 0 saturated carbocycles. The van der Waals surface area contributed by atoms with E-state index in [1.807, 2.05) is 30.5 Å². The first kappa shape index (κ1) is 7.90. The Balaban J connectivity index is 0.000000605. The number of para-hydroxylation sites is 1. The van der Waals surface area contributed by atoms with Gasteiger partial charge in [0.05, 0.1) is 5.52 Å². The molecule has 0 atom stereocenters. The Hall–Kier alpha value is -1.20. The van der Waals surface area contributed by atoms with Crippen molar-refractivity contribution in [1.82, 2.24) is 4.98 Å². The Morgan fingerprint density at radius 3 is 2.45 bits per heavy atom. The van der Waals surface area contributed by atoms with Crippen LogP contribution in [0.25, 0.3) is 10.9 Å². The third-order valence-electron chi connectivity index (χ3n) is 1.51. The quantitative estimate of drug-likeness (QED) is 0.503. The van der Waals surface area contributed by atoms with Crippen LogP contribution in [0.5, 0.6) is 0 Å². The minimum absolute atomic E-state index is 0. The second-order valence-corrected chi connectivity index (χ2v) is 2.20. The zero-order valence-electron chi connectivity index (χ0n) is 5.49. The van der Waals surface area contributed by atoms with E-state index in [1.165, 1.54) is 5.39 Å². The number of hydrogen-bond acceptors (Lipinski definition) is 1. The van der Waals surface area contributed by atoms with Gasteiger partial charge in [-0.25, -0.2) is 0 Å². The second kappa shape index (κ2) is 3.27. The molecule has 0 aliphatic heterocycles. The molecule has 2 aromatic rings. The summed E-state index contributed by atoms with van der Waals surface area (Å²) in [6.07, 6.45) is 1.81. The number of rotatable bonds is 0. The van der Waals surface area contributed by atoms with Crippen molar-refractivity contribution in [2.24, 2.45) is 0 Å². The fraction of sp³-hybridized carbons (Fsp3) is 0. The maximum atomic E-state index is 4.18. The molecule has 52 valence electrons. The summed E-state index contributed by atoms with van der Waals surface area (Å²) in [5, 5.41) is 1.20. The summed E-state index contributed by atoms with van der Waals surface area (Å²) in [5.74, 6) is 0. The molecule has 0 aliphatic rings. The normalized spacial score (nSPS) is 9.09. The molecule has 0 saturated heterocycles. The van der Waals surface area contributed by atoms with E-state index in [0.29, 0.717) is 0 Å². The molecule has 0 N–H and O–H groups in total. The van der Waals surface area contributed by atoms with Gasteiger partial charge in [-0.2, -0.15) is 0 Å². The van der Waals surface area contributed by atoms with Crippen molar-refractivity contribution in [2.75, 3.05) is 0 Å². The largest absolute Gasteiger partial charge is 0.256 e. The van der Waals surface area contributed by atoms with E-state index in [0.717, 1.165) is 5.52 Å². The van der Waals surface area contributed by atoms with Gasteiger partial charge in [-0.3, -0.25) is 4.98 Å². The van der Waals surface area contributed by atoms with E-state index in [4.69, 9.17) is 0 Å². The summed E-state index contributed by atoms with van der Waals surface area (Å²) >= 11 is 0. The monoisotopic (exact) mass is 140 g/mol. The van der Waals surface area contributed by atoms with Crippen LogP contribution in [0.1, 0.15) is 0 Å². The topological polar surface area (TPSA) is 12.9 Å². The van der Waals surface area contributed by atoms with Gasteiger partial charge in [-0.05, 0) is 12.1 Å². The van der Waals surface area contributed by atoms with Gasteiger partial charge in [-0.15, -0.1) is 0 Å². The molecule has 0 amide bonds. The minimum Gasteiger partial charge on any atom is -0.256 e. The Labute approximate surface area is 69.3 Å². The zero-order chi connectivity index (χ0) is 6.81. The van der Waals surface area contributed by atoms with Crippen molar-refractivity contribution in [2.45, 2.75) is 0 Å². The molecule has 1 heterocycles. The van der Waals surface area contributed by atoms with Crippen molar-refractivity contribution >= 4 is 21.0 Å². The van der Waals surface area contributed by atoms with Crippen LogP contribution in [0.4, 0.5) is 0 Å². The first-order valence-corrected chi connectivity index (χ1v) is 3.26. The van der Waals surface area contributed by atoms with Crippen LogP contribution in [0.3, 0.4) is 0 Å². The van der Waals surface area contributed by atoms with E-state index >= 15 is 0 Å². The van der Waals surface area contributed by atoms with E-state index < -0.39 is 0 Å². The Morgan fingerprint density at radius 1 is 0.909 bits per heavy atom. The average molecular weight is 140 g/mol. The van der Waals surface area contributed by atoms with Gasteiger partial charge in [0.15, 0.2) is 0 Å². The molecule has 0 aliphatic carbocycles. The molecule has 0 bridgehead atoms. The van der Waals surface area contributed by atoms with Crippen LogP contribution in [-0.4, -0.2) is 15.1 Å². The molecule has 1 aromatic carbocycles. The standard InChI is InChI=1S/C9H7N.Be.2H/c1-2-6-9-8(4-1)5-3-7-10-9;;;/h1-7H;;;. The fourth-order valence-electron chi connectivity index (χ4n) is 1.02. The molecule has 11 heavy (non-hydrogen) atoms. The predicted molar refractivity (Wildman–Crippen MR) is 50.3 cm³/mol. The van der Waals surface area contributed by atoms with E-state index in [1.54, 1.807) is 0 Å². The van der Waals surface area contributed by atoms with Gasteiger partial charge in [0.25, 0.3) is 0 Å². The van der Waals surface area contributed by atoms with Gasteiger partial charge in [0.1, 0.15) is 0 Å². The van der Waals surface area contributed by atoms with Gasteiger partial charge in [0, 0.05) is 11.6 Å². The minimum atomic E-state index is 0. The summed E-state index contributed by atoms with van der Waals surface area (Å²) in [7, 11) is 0. The number of hydrogen-bond donors (Lipinski definition) is 0. The van der Waals surface area contributed by atoms with Crippen molar-refractivity contribution in [3.63, 3.8) is 0 Å². The van der Waals surface area contributed by atoms with Gasteiger partial charge in [-0.1, -0.05) is 24.3 Å². The maximum absolute atomic E-state index is 4.18. The molecule has 0 spiro atoms. The molecule has 2 heteroatoms. The van der Waals surface area contributed by atoms with Gasteiger partial charge < -0.3 is 0 Å². The number of fused-ring (bicyclic) bond motifs is 1. The molecule has 0 unspecified atom stereocenters. The summed E-state index contributed by atoms with van der Waals surface area (Å²) in [4.78, 5) is 4.18. The second-order valence-electron chi connectivity index (χ2n) is 2.20. The van der Waals surface area contributed by atoms with Crippen molar-refractivity contribution in [3.8, 4) is 0 Å². The number of nitrogens with zero attached hydrogens (tertiary/aromatic N) is 1. The molecule has 1 nitrogen and oxygen atoms in total. The van der Waals surface area contributed by atoms with E-state index in [9.17, 15) is 0 Å². The smallest absolute Gasteiger partial charge is 0.0701 e. The molecule has 0 fully saturated rings. The fourth-order valence-corrected chi connectivity index (χ4v) is 1.02. The van der Waals surface area contributed by atoms with Gasteiger partial charge in [0.2, 0.25) is 0 Å². The van der Waals surface area contributed by atoms with Crippen LogP contribution in [-0.2, 0) is 0 Å². The van der Waals surface area contributed by atoms with E-state index in [2.05, 4.69) is 17.1 Å². The third kappa shape index (κ3) is 1.44. The Bertz CT molecular complexity index is 281. The summed E-state index contributed by atoms with van der Waals surface area (Å²) in [6, 6.07) is 12.1. The third-order valence-corrected chi connectivity index (χ3v) is 1.51. The number of pyridine rings is 1. The maximum Gasteiger partial charge on any atom is 0.0701 e. The van der Waals surface area contributed by atoms with Gasteiger partial charge >= 0.3 is 10.1 Å². The van der Waals surface area contributed by atoms with Crippen molar-refractivity contribution in [3.05, 3.63) is 42.6 Å². The summed E-state index contributed by atoms with van der Waals surface area (Å²) in [6.45, 7) is 0. The predicted octanol–water partition coefficient (Wildman–Crippen LogP) is 1.32. The van der Waals surface area contributed by atoms with Crippen molar-refractivity contribution in [1.29, 1.82) is 0 Å². The van der Waals surface area contributed by atoms with E-state index in [-0.39, 0.29) is 10.1 Å². The van der Waals surface area contributed by atoms with Crippen LogP contribution in [0.15, 0.2) is 42.6 Å². The number of benzene rings is 1. The Kier molecular flexibility index (Phi) is 2.35. The average Bonchev–Trinajstić information content (AvgIpc) is 2.05. The SMILES string of the molecule is [BeH2].c1ccc2ncccc2c1. The molecule has 0 radical (unpaired) electrons. The molecular formula is C9H9BeN. The van der Waals surface area contributed by atoms with Crippen LogP contribution in [0, 0.1) is 0 Å².